The summed E-state index contributed by atoms with van der Waals surface area (Å²) >= 11 is 0. The lowest BCUT2D eigenvalue weighted by Gasteiger charge is -2.31. The van der Waals surface area contributed by atoms with Gasteiger partial charge in [-0.3, -0.25) is 14.5 Å². The zero-order valence-corrected chi connectivity index (χ0v) is 18.2. The van der Waals surface area contributed by atoms with Crippen molar-refractivity contribution in [2.75, 3.05) is 13.1 Å². The average molecular weight is 435 g/mol. The Morgan fingerprint density at radius 1 is 1.17 bits per heavy atom. The molecule has 4 amide bonds. The number of nitrogens with zero attached hydrogens (tertiary/aromatic N) is 1. The summed E-state index contributed by atoms with van der Waals surface area (Å²) < 4.78 is 0. The Morgan fingerprint density at radius 2 is 1.83 bits per heavy atom. The van der Waals surface area contributed by atoms with E-state index in [1.54, 1.807) is 0 Å². The summed E-state index contributed by atoms with van der Waals surface area (Å²) in [5, 5.41) is 9.18. The number of imide groups is 1. The van der Waals surface area contributed by atoms with Gasteiger partial charge in [-0.15, -0.1) is 12.4 Å². The fourth-order valence-corrected chi connectivity index (χ4v) is 4.59. The largest absolute Gasteiger partial charge is 0.352 e. The van der Waals surface area contributed by atoms with Crippen LogP contribution in [0.15, 0.2) is 24.3 Å². The molecule has 0 radical (unpaired) electrons. The van der Waals surface area contributed by atoms with Crippen LogP contribution < -0.4 is 16.0 Å². The third kappa shape index (κ3) is 4.32. The first-order chi connectivity index (χ1) is 14.0. The molecule has 3 fully saturated rings. The van der Waals surface area contributed by atoms with E-state index in [9.17, 15) is 14.4 Å². The van der Waals surface area contributed by atoms with Crippen molar-refractivity contribution < 1.29 is 14.4 Å². The highest BCUT2D eigenvalue weighted by Gasteiger charge is 2.51. The van der Waals surface area contributed by atoms with E-state index in [2.05, 4.69) is 16.0 Å². The lowest BCUT2D eigenvalue weighted by atomic mass is 9.81. The van der Waals surface area contributed by atoms with Crippen molar-refractivity contribution >= 4 is 30.3 Å². The molecule has 7 nitrogen and oxygen atoms in total. The minimum Gasteiger partial charge on any atom is -0.352 e. The highest BCUT2D eigenvalue weighted by molar-refractivity contribution is 6.07. The monoisotopic (exact) mass is 434 g/mol. The molecule has 1 aromatic carbocycles. The van der Waals surface area contributed by atoms with Crippen LogP contribution in [0.1, 0.15) is 50.2 Å². The molecule has 164 valence electrons. The molecule has 1 atom stereocenters. The number of rotatable bonds is 6. The van der Waals surface area contributed by atoms with Crippen LogP contribution in [0.5, 0.6) is 0 Å². The molecule has 2 heterocycles. The summed E-state index contributed by atoms with van der Waals surface area (Å²) in [4.78, 5) is 39.4. The van der Waals surface area contributed by atoms with Gasteiger partial charge in [-0.2, -0.15) is 0 Å². The molecule has 1 aromatic rings. The SMILES string of the molecule is CC(C(=O)NCc1ccccc1CN1C(=O)NC2(CCCCC2)C1=O)C1CNC1.Cl. The maximum absolute atomic E-state index is 13.0. The van der Waals surface area contributed by atoms with Gasteiger partial charge < -0.3 is 16.0 Å². The van der Waals surface area contributed by atoms with Crippen LogP contribution in [0.3, 0.4) is 0 Å². The molecule has 1 aliphatic carbocycles. The molecule has 3 N–H and O–H groups in total. The fraction of sp³-hybridized carbons (Fsp3) is 0.591. The van der Waals surface area contributed by atoms with Crippen LogP contribution in [-0.2, 0) is 22.7 Å². The summed E-state index contributed by atoms with van der Waals surface area (Å²) in [5.41, 5.74) is 1.12. The van der Waals surface area contributed by atoms with Crippen LogP contribution in [0.25, 0.3) is 0 Å². The molecule has 8 heteroatoms. The van der Waals surface area contributed by atoms with Crippen molar-refractivity contribution in [2.45, 2.75) is 57.7 Å². The number of hydrogen-bond acceptors (Lipinski definition) is 4. The number of urea groups is 1. The van der Waals surface area contributed by atoms with Crippen molar-refractivity contribution in [2.24, 2.45) is 11.8 Å². The topological polar surface area (TPSA) is 90.5 Å². The second kappa shape index (κ2) is 9.35. The first kappa shape index (κ1) is 22.6. The Bertz CT molecular complexity index is 805. The minimum absolute atomic E-state index is 0. The van der Waals surface area contributed by atoms with Crippen LogP contribution >= 0.6 is 12.4 Å². The van der Waals surface area contributed by atoms with E-state index in [1.807, 2.05) is 31.2 Å². The van der Waals surface area contributed by atoms with Crippen LogP contribution in [0.2, 0.25) is 0 Å². The number of nitrogens with one attached hydrogen (secondary N) is 3. The van der Waals surface area contributed by atoms with Gasteiger partial charge in [0.25, 0.3) is 5.91 Å². The third-order valence-corrected chi connectivity index (χ3v) is 6.79. The second-order valence-electron chi connectivity index (χ2n) is 8.66. The first-order valence-electron chi connectivity index (χ1n) is 10.7. The molecule has 1 unspecified atom stereocenters. The molecule has 0 aromatic heterocycles. The van der Waals surface area contributed by atoms with Crippen LogP contribution in [-0.4, -0.2) is 41.4 Å². The van der Waals surface area contributed by atoms with E-state index in [1.165, 1.54) is 4.90 Å². The van der Waals surface area contributed by atoms with Crippen molar-refractivity contribution in [1.29, 1.82) is 0 Å². The Morgan fingerprint density at radius 3 is 2.47 bits per heavy atom. The molecular formula is C22H31ClN4O3. The maximum atomic E-state index is 13.0. The summed E-state index contributed by atoms with van der Waals surface area (Å²) in [6, 6.07) is 7.38. The predicted octanol–water partition coefficient (Wildman–Crippen LogP) is 2.33. The normalized spacial score (nSPS) is 21.6. The lowest BCUT2D eigenvalue weighted by molar-refractivity contribution is -0.132. The molecule has 4 rings (SSSR count). The Labute approximate surface area is 183 Å². The molecule has 0 bridgehead atoms. The van der Waals surface area contributed by atoms with Crippen molar-refractivity contribution in [1.82, 2.24) is 20.9 Å². The quantitative estimate of drug-likeness (QED) is 0.599. The zero-order chi connectivity index (χ0) is 20.4. The molecule has 1 saturated carbocycles. The van der Waals surface area contributed by atoms with Crippen molar-refractivity contribution in [3.8, 4) is 0 Å². The number of benzene rings is 1. The van der Waals surface area contributed by atoms with Gasteiger partial charge in [-0.05, 0) is 43.0 Å². The van der Waals surface area contributed by atoms with Crippen molar-refractivity contribution in [3.63, 3.8) is 0 Å². The smallest absolute Gasteiger partial charge is 0.325 e. The summed E-state index contributed by atoms with van der Waals surface area (Å²) in [7, 11) is 0. The number of amides is 4. The zero-order valence-electron chi connectivity index (χ0n) is 17.4. The first-order valence-corrected chi connectivity index (χ1v) is 10.7. The standard InChI is InChI=1S/C22H30N4O3.ClH/c1-15(18-11-23-12-18)19(27)24-13-16-7-3-4-8-17(16)14-26-20(28)22(25-21(26)29)9-5-2-6-10-22;/h3-4,7-8,15,18,23H,2,5-6,9-14H2,1H3,(H,24,27)(H,25,29);1H. The fourth-order valence-electron chi connectivity index (χ4n) is 4.59. The number of halogens is 1. The Kier molecular flexibility index (Phi) is 7.03. The van der Waals surface area contributed by atoms with E-state index in [0.717, 1.165) is 56.3 Å². The molecule has 2 saturated heterocycles. The van der Waals surface area contributed by atoms with E-state index in [-0.39, 0.29) is 42.7 Å². The van der Waals surface area contributed by atoms with Crippen LogP contribution in [0, 0.1) is 11.8 Å². The second-order valence-corrected chi connectivity index (χ2v) is 8.66. The van der Waals surface area contributed by atoms with Gasteiger partial charge in [0, 0.05) is 12.5 Å². The predicted molar refractivity (Wildman–Crippen MR) is 116 cm³/mol. The van der Waals surface area contributed by atoms with Gasteiger partial charge in [0.1, 0.15) is 5.54 Å². The van der Waals surface area contributed by atoms with Crippen molar-refractivity contribution in [3.05, 3.63) is 35.4 Å². The maximum Gasteiger partial charge on any atom is 0.325 e. The van der Waals surface area contributed by atoms with Gasteiger partial charge in [-0.25, -0.2) is 4.79 Å². The Hall–Kier alpha value is -2.12. The number of carbonyl (C=O) groups is 3. The Balaban J connectivity index is 0.00000256. The molecular weight excluding hydrogens is 404 g/mol. The highest BCUT2D eigenvalue weighted by atomic mass is 35.5. The number of carbonyl (C=O) groups excluding carboxylic acids is 3. The van der Waals surface area contributed by atoms with E-state index in [0.29, 0.717) is 12.5 Å². The lowest BCUT2D eigenvalue weighted by Crippen LogP contribution is -2.49. The van der Waals surface area contributed by atoms with Gasteiger partial charge in [-0.1, -0.05) is 50.5 Å². The van der Waals surface area contributed by atoms with Crippen LogP contribution in [0.4, 0.5) is 4.79 Å². The van der Waals surface area contributed by atoms with E-state index >= 15 is 0 Å². The summed E-state index contributed by atoms with van der Waals surface area (Å²) in [6.45, 7) is 4.37. The third-order valence-electron chi connectivity index (χ3n) is 6.79. The van der Waals surface area contributed by atoms with Gasteiger partial charge >= 0.3 is 6.03 Å². The highest BCUT2D eigenvalue weighted by Crippen LogP contribution is 2.34. The molecule has 30 heavy (non-hydrogen) atoms. The number of hydrogen-bond donors (Lipinski definition) is 3. The minimum atomic E-state index is -0.704. The molecule has 3 aliphatic rings. The van der Waals surface area contributed by atoms with E-state index < -0.39 is 5.54 Å². The average Bonchev–Trinajstić information content (AvgIpc) is 2.90. The molecule has 2 aliphatic heterocycles. The van der Waals surface area contributed by atoms with Gasteiger partial charge in [0.2, 0.25) is 5.91 Å². The summed E-state index contributed by atoms with van der Waals surface area (Å²) in [6.07, 6.45) is 4.50. The van der Waals surface area contributed by atoms with E-state index in [4.69, 9.17) is 0 Å². The summed E-state index contributed by atoms with van der Waals surface area (Å²) in [5.74, 6) is 0.304. The van der Waals surface area contributed by atoms with Gasteiger partial charge in [0.05, 0.1) is 6.54 Å². The molecule has 1 spiro atoms. The van der Waals surface area contributed by atoms with Gasteiger partial charge in [0.15, 0.2) is 0 Å².